The SMILES string of the molecule is CCN(CC)C(=O)c1ccc(C2=CC3(CCN(C(=O)OC(C)(C)C)CC3)Oc3ccc(N(C)S(C)(=O)=O)cc32)cc1. The summed E-state index contributed by atoms with van der Waals surface area (Å²) in [5, 5.41) is 0. The molecule has 0 aliphatic carbocycles. The van der Waals surface area contributed by atoms with Gasteiger partial charge in [0.05, 0.1) is 11.9 Å². The highest BCUT2D eigenvalue weighted by atomic mass is 32.2. The molecular formula is C31H41N3O6S. The number of carbonyl (C=O) groups is 2. The van der Waals surface area contributed by atoms with Crippen LogP contribution >= 0.6 is 0 Å². The fourth-order valence-electron chi connectivity index (χ4n) is 5.16. The van der Waals surface area contributed by atoms with Gasteiger partial charge >= 0.3 is 6.09 Å². The van der Waals surface area contributed by atoms with Crippen LogP contribution in [0.25, 0.3) is 5.57 Å². The molecular weight excluding hydrogens is 542 g/mol. The predicted molar refractivity (Wildman–Crippen MR) is 161 cm³/mol. The molecule has 1 saturated heterocycles. The normalized spacial score (nSPS) is 16.4. The average molecular weight is 584 g/mol. The number of amides is 2. The van der Waals surface area contributed by atoms with E-state index < -0.39 is 21.2 Å². The van der Waals surface area contributed by atoms with Crippen LogP contribution in [0.1, 0.15) is 68.9 Å². The minimum Gasteiger partial charge on any atom is -0.482 e. The Morgan fingerprint density at radius 3 is 2.17 bits per heavy atom. The third kappa shape index (κ3) is 6.69. The summed E-state index contributed by atoms with van der Waals surface area (Å²) < 4.78 is 38.0. The fourth-order valence-corrected chi connectivity index (χ4v) is 5.66. The van der Waals surface area contributed by atoms with Crippen molar-refractivity contribution in [2.45, 2.75) is 58.7 Å². The van der Waals surface area contributed by atoms with Gasteiger partial charge in [-0.25, -0.2) is 13.2 Å². The first-order valence-electron chi connectivity index (χ1n) is 14.0. The summed E-state index contributed by atoms with van der Waals surface area (Å²) in [6.45, 7) is 11.7. The van der Waals surface area contributed by atoms with Crippen molar-refractivity contribution in [2.24, 2.45) is 0 Å². The summed E-state index contributed by atoms with van der Waals surface area (Å²) in [7, 11) is -1.95. The first kappa shape index (κ1) is 30.4. The Morgan fingerprint density at radius 2 is 1.63 bits per heavy atom. The summed E-state index contributed by atoms with van der Waals surface area (Å²) >= 11 is 0. The first-order valence-corrected chi connectivity index (χ1v) is 15.9. The molecule has 2 amide bonds. The zero-order valence-corrected chi connectivity index (χ0v) is 25.9. The largest absolute Gasteiger partial charge is 0.482 e. The van der Waals surface area contributed by atoms with Gasteiger partial charge in [0.15, 0.2) is 0 Å². The lowest BCUT2D eigenvalue weighted by molar-refractivity contribution is -0.00117. The number of fused-ring (bicyclic) bond motifs is 1. The highest BCUT2D eigenvalue weighted by Gasteiger charge is 2.41. The van der Waals surface area contributed by atoms with Crippen molar-refractivity contribution in [2.75, 3.05) is 43.8 Å². The van der Waals surface area contributed by atoms with E-state index in [2.05, 4.69) is 6.08 Å². The topological polar surface area (TPSA) is 96.5 Å². The molecule has 1 fully saturated rings. The Kier molecular flexibility index (Phi) is 8.45. The van der Waals surface area contributed by atoms with Crippen LogP contribution in [0.2, 0.25) is 0 Å². The van der Waals surface area contributed by atoms with Crippen LogP contribution < -0.4 is 9.04 Å². The number of benzene rings is 2. The molecule has 0 bridgehead atoms. The third-order valence-corrected chi connectivity index (χ3v) is 8.80. The predicted octanol–water partition coefficient (Wildman–Crippen LogP) is 5.16. The minimum atomic E-state index is -3.47. The number of likely N-dealkylation sites (tertiary alicyclic amines) is 1. The monoisotopic (exact) mass is 583 g/mol. The molecule has 2 aromatic rings. The second-order valence-electron chi connectivity index (χ2n) is 11.7. The van der Waals surface area contributed by atoms with Gasteiger partial charge in [-0.3, -0.25) is 9.10 Å². The molecule has 10 heteroatoms. The van der Waals surface area contributed by atoms with Gasteiger partial charge in [-0.2, -0.15) is 0 Å². The fraction of sp³-hybridized carbons (Fsp3) is 0.484. The van der Waals surface area contributed by atoms with Crippen LogP contribution in [0.15, 0.2) is 48.5 Å². The second kappa shape index (κ2) is 11.4. The Labute approximate surface area is 243 Å². The van der Waals surface area contributed by atoms with Crippen LogP contribution in [0, 0.1) is 0 Å². The maximum atomic E-state index is 12.9. The minimum absolute atomic E-state index is 0.0223. The molecule has 222 valence electrons. The van der Waals surface area contributed by atoms with Crippen molar-refractivity contribution in [3.8, 4) is 5.75 Å². The van der Waals surface area contributed by atoms with E-state index in [0.717, 1.165) is 16.7 Å². The Bertz CT molecular complexity index is 1430. The lowest BCUT2D eigenvalue weighted by Crippen LogP contribution is -2.50. The number of piperidine rings is 1. The zero-order valence-electron chi connectivity index (χ0n) is 25.1. The van der Waals surface area contributed by atoms with Gasteiger partial charge in [0.2, 0.25) is 10.0 Å². The Balaban J connectivity index is 1.71. The van der Waals surface area contributed by atoms with Crippen LogP contribution in [0.5, 0.6) is 5.75 Å². The molecule has 2 aliphatic rings. The van der Waals surface area contributed by atoms with Crippen LogP contribution in [0.4, 0.5) is 10.5 Å². The van der Waals surface area contributed by atoms with Gasteiger partial charge in [0.25, 0.3) is 5.91 Å². The zero-order chi connectivity index (χ0) is 30.2. The van der Waals surface area contributed by atoms with Gasteiger partial charge in [0.1, 0.15) is 17.0 Å². The standard InChI is InChI=1S/C31H41N3O6S/c1-8-33(9-2)28(35)23-12-10-22(11-13-23)26-21-31(16-18-34(19-17-31)29(36)40-30(3,4)5)39-27-15-14-24(20-25(26)27)32(6)41(7,37)38/h10-15,20-21H,8-9,16-19H2,1-7H3. The van der Waals surface area contributed by atoms with Crippen molar-refractivity contribution in [3.63, 3.8) is 0 Å². The molecule has 2 aliphatic heterocycles. The molecule has 41 heavy (non-hydrogen) atoms. The summed E-state index contributed by atoms with van der Waals surface area (Å²) in [6, 6.07) is 12.9. The van der Waals surface area contributed by atoms with Crippen LogP contribution in [-0.4, -0.2) is 80.9 Å². The molecule has 0 saturated carbocycles. The van der Waals surface area contributed by atoms with Gasteiger partial charge in [0, 0.05) is 57.2 Å². The van der Waals surface area contributed by atoms with E-state index in [1.54, 1.807) is 21.9 Å². The third-order valence-electron chi connectivity index (χ3n) is 7.59. The van der Waals surface area contributed by atoms with E-state index in [4.69, 9.17) is 9.47 Å². The summed E-state index contributed by atoms with van der Waals surface area (Å²) in [5.74, 6) is 0.619. The molecule has 1 spiro atoms. The van der Waals surface area contributed by atoms with Crippen molar-refractivity contribution in [1.82, 2.24) is 9.80 Å². The Hall–Kier alpha value is -3.53. The van der Waals surface area contributed by atoms with E-state index in [1.807, 2.05) is 65.0 Å². The van der Waals surface area contributed by atoms with Gasteiger partial charge in [-0.05, 0) is 82.2 Å². The van der Waals surface area contributed by atoms with Crippen molar-refractivity contribution in [1.29, 1.82) is 0 Å². The molecule has 9 nitrogen and oxygen atoms in total. The lowest BCUT2D eigenvalue weighted by atomic mass is 9.82. The summed E-state index contributed by atoms with van der Waals surface area (Å²) in [6.07, 6.45) is 4.05. The van der Waals surface area contributed by atoms with Crippen molar-refractivity contribution < 1.29 is 27.5 Å². The van der Waals surface area contributed by atoms with Gasteiger partial charge in [-0.15, -0.1) is 0 Å². The number of nitrogens with zero attached hydrogens (tertiary/aromatic N) is 3. The van der Waals surface area contributed by atoms with E-state index >= 15 is 0 Å². The number of anilines is 1. The summed E-state index contributed by atoms with van der Waals surface area (Å²) in [4.78, 5) is 29.1. The molecule has 2 heterocycles. The van der Waals surface area contributed by atoms with E-state index in [9.17, 15) is 18.0 Å². The van der Waals surface area contributed by atoms with Crippen LogP contribution in [0.3, 0.4) is 0 Å². The van der Waals surface area contributed by atoms with Crippen molar-refractivity contribution >= 4 is 33.3 Å². The summed E-state index contributed by atoms with van der Waals surface area (Å²) in [5.41, 5.74) is 2.44. The molecule has 0 N–H and O–H groups in total. The molecule has 2 aromatic carbocycles. The van der Waals surface area contributed by atoms with Crippen LogP contribution in [-0.2, 0) is 14.8 Å². The van der Waals surface area contributed by atoms with Gasteiger partial charge in [-0.1, -0.05) is 12.1 Å². The smallest absolute Gasteiger partial charge is 0.410 e. The molecule has 4 rings (SSSR count). The molecule has 0 unspecified atom stereocenters. The Morgan fingerprint density at radius 1 is 1.02 bits per heavy atom. The number of ether oxygens (including phenoxy) is 2. The second-order valence-corrected chi connectivity index (χ2v) is 13.7. The van der Waals surface area contributed by atoms with Crippen molar-refractivity contribution in [3.05, 3.63) is 65.2 Å². The van der Waals surface area contributed by atoms with E-state index in [1.165, 1.54) is 17.6 Å². The average Bonchev–Trinajstić information content (AvgIpc) is 2.91. The number of hydrogen-bond acceptors (Lipinski definition) is 6. The number of carbonyl (C=O) groups excluding carboxylic acids is 2. The first-order chi connectivity index (χ1) is 19.2. The number of sulfonamides is 1. The molecule has 0 atom stereocenters. The highest BCUT2D eigenvalue weighted by Crippen LogP contribution is 2.45. The maximum absolute atomic E-state index is 12.9. The van der Waals surface area contributed by atoms with E-state index in [0.29, 0.717) is 56.0 Å². The lowest BCUT2D eigenvalue weighted by Gasteiger charge is -2.43. The molecule has 0 aromatic heterocycles. The molecule has 0 radical (unpaired) electrons. The quantitative estimate of drug-likeness (QED) is 0.466. The number of rotatable bonds is 6. The van der Waals surface area contributed by atoms with Gasteiger partial charge < -0.3 is 19.3 Å². The highest BCUT2D eigenvalue weighted by molar-refractivity contribution is 7.92. The number of hydrogen-bond donors (Lipinski definition) is 0. The van der Waals surface area contributed by atoms with E-state index in [-0.39, 0.29) is 12.0 Å². The maximum Gasteiger partial charge on any atom is 0.410 e.